The molecule has 5 heteroatoms. The Hall–Kier alpha value is -1.36. The second-order valence-electron chi connectivity index (χ2n) is 6.85. The molecule has 22 heavy (non-hydrogen) atoms. The lowest BCUT2D eigenvalue weighted by Gasteiger charge is -2.29. The molecule has 0 saturated heterocycles. The van der Waals surface area contributed by atoms with Crippen molar-refractivity contribution in [1.82, 2.24) is 4.90 Å². The average molecular weight is 311 g/mol. The van der Waals surface area contributed by atoms with Gasteiger partial charge in [0.1, 0.15) is 6.61 Å². The molecule has 0 aromatic heterocycles. The second-order valence-corrected chi connectivity index (χ2v) is 6.85. The van der Waals surface area contributed by atoms with Gasteiger partial charge in [-0.3, -0.25) is 9.59 Å². The third-order valence-corrected chi connectivity index (χ3v) is 4.09. The molecule has 0 aromatic rings. The Labute approximate surface area is 133 Å². The number of carbonyl (C=O) groups excluding carboxylic acids is 2. The maximum absolute atomic E-state index is 11.9. The van der Waals surface area contributed by atoms with Gasteiger partial charge in [0.05, 0.1) is 11.5 Å². The summed E-state index contributed by atoms with van der Waals surface area (Å²) in [6.07, 6.45) is 5.76. The normalized spacial score (nSPS) is 34.5. The number of nitrogens with zero attached hydrogens (tertiary/aromatic N) is 1. The van der Waals surface area contributed by atoms with E-state index in [1.807, 2.05) is 20.8 Å². The Kier molecular flexibility index (Phi) is 7.07. The number of hydrogen-bond acceptors (Lipinski definition) is 4. The third-order valence-electron chi connectivity index (χ3n) is 4.09. The SMILES string of the molecule is C[C@H]1CN(C)C(=O)/C=C/COC(=O)[C@H](C)CCC[C@](C)(O)C1. The van der Waals surface area contributed by atoms with Gasteiger partial charge < -0.3 is 14.7 Å². The fourth-order valence-corrected chi connectivity index (χ4v) is 2.93. The van der Waals surface area contributed by atoms with Gasteiger partial charge >= 0.3 is 5.97 Å². The van der Waals surface area contributed by atoms with Gasteiger partial charge in [-0.25, -0.2) is 0 Å². The van der Waals surface area contributed by atoms with Crippen LogP contribution in [0.15, 0.2) is 12.2 Å². The van der Waals surface area contributed by atoms with Gasteiger partial charge in [0, 0.05) is 19.7 Å². The number of hydrogen-bond donors (Lipinski definition) is 1. The summed E-state index contributed by atoms with van der Waals surface area (Å²) in [5.41, 5.74) is -0.775. The topological polar surface area (TPSA) is 66.8 Å². The molecule has 0 fully saturated rings. The first kappa shape index (κ1) is 18.7. The first-order valence-corrected chi connectivity index (χ1v) is 8.02. The van der Waals surface area contributed by atoms with Crippen molar-refractivity contribution in [3.05, 3.63) is 12.2 Å². The number of aliphatic hydroxyl groups is 1. The highest BCUT2D eigenvalue weighted by atomic mass is 16.5. The van der Waals surface area contributed by atoms with Crippen LogP contribution < -0.4 is 0 Å². The zero-order chi connectivity index (χ0) is 16.8. The molecular weight excluding hydrogens is 282 g/mol. The summed E-state index contributed by atoms with van der Waals surface area (Å²) in [6.45, 7) is 6.41. The summed E-state index contributed by atoms with van der Waals surface area (Å²) in [7, 11) is 1.74. The largest absolute Gasteiger partial charge is 0.461 e. The quantitative estimate of drug-likeness (QED) is 0.696. The molecule has 1 aliphatic rings. The van der Waals surface area contributed by atoms with E-state index in [9.17, 15) is 14.7 Å². The number of amides is 1. The number of ether oxygens (including phenoxy) is 1. The Morgan fingerprint density at radius 1 is 1.36 bits per heavy atom. The number of likely N-dealkylation sites (N-methyl/N-ethyl adjacent to an activating group) is 1. The maximum Gasteiger partial charge on any atom is 0.308 e. The molecule has 1 N–H and O–H groups in total. The number of cyclic esters (lactones) is 1. The van der Waals surface area contributed by atoms with Crippen LogP contribution in [0, 0.1) is 11.8 Å². The van der Waals surface area contributed by atoms with E-state index in [1.54, 1.807) is 18.0 Å². The van der Waals surface area contributed by atoms with E-state index in [0.717, 1.165) is 6.42 Å². The summed E-state index contributed by atoms with van der Waals surface area (Å²) in [4.78, 5) is 25.4. The Morgan fingerprint density at radius 2 is 2.05 bits per heavy atom. The van der Waals surface area contributed by atoms with E-state index < -0.39 is 5.60 Å². The first-order chi connectivity index (χ1) is 10.2. The molecule has 3 atom stereocenters. The van der Waals surface area contributed by atoms with E-state index in [0.29, 0.717) is 25.8 Å². The summed E-state index contributed by atoms with van der Waals surface area (Å²) >= 11 is 0. The predicted octanol–water partition coefficient (Wildman–Crippen LogP) is 2.14. The van der Waals surface area contributed by atoms with Gasteiger partial charge in [0.15, 0.2) is 0 Å². The lowest BCUT2D eigenvalue weighted by Crippen LogP contribution is -2.34. The summed E-state index contributed by atoms with van der Waals surface area (Å²) in [5.74, 6) is -0.360. The summed E-state index contributed by atoms with van der Waals surface area (Å²) < 4.78 is 5.13. The van der Waals surface area contributed by atoms with Crippen LogP contribution in [0.4, 0.5) is 0 Å². The molecule has 1 aliphatic heterocycles. The second kappa shape index (κ2) is 8.32. The number of rotatable bonds is 0. The molecule has 0 aromatic carbocycles. The van der Waals surface area contributed by atoms with Crippen molar-refractivity contribution in [2.45, 2.75) is 52.1 Å². The van der Waals surface area contributed by atoms with E-state index in [4.69, 9.17) is 4.74 Å². The number of esters is 1. The predicted molar refractivity (Wildman–Crippen MR) is 85.2 cm³/mol. The highest BCUT2D eigenvalue weighted by molar-refractivity contribution is 5.87. The van der Waals surface area contributed by atoms with Gasteiger partial charge in [0.2, 0.25) is 5.91 Å². The lowest BCUT2D eigenvalue weighted by molar-refractivity contribution is -0.147. The van der Waals surface area contributed by atoms with Gasteiger partial charge in [0.25, 0.3) is 0 Å². The Morgan fingerprint density at radius 3 is 2.73 bits per heavy atom. The minimum atomic E-state index is -0.775. The molecular formula is C17H29NO4. The average Bonchev–Trinajstić information content (AvgIpc) is 2.40. The molecule has 126 valence electrons. The van der Waals surface area contributed by atoms with Crippen LogP contribution in [0.2, 0.25) is 0 Å². The molecule has 0 radical (unpaired) electrons. The highest BCUT2D eigenvalue weighted by Gasteiger charge is 2.25. The van der Waals surface area contributed by atoms with Gasteiger partial charge in [-0.05, 0) is 44.6 Å². The monoisotopic (exact) mass is 311 g/mol. The van der Waals surface area contributed by atoms with Crippen molar-refractivity contribution in [3.63, 3.8) is 0 Å². The zero-order valence-electron chi connectivity index (χ0n) is 14.2. The molecule has 1 rings (SSSR count). The molecule has 1 heterocycles. The fourth-order valence-electron chi connectivity index (χ4n) is 2.93. The van der Waals surface area contributed by atoms with E-state index in [1.165, 1.54) is 6.08 Å². The van der Waals surface area contributed by atoms with Gasteiger partial charge in [-0.15, -0.1) is 0 Å². The zero-order valence-corrected chi connectivity index (χ0v) is 14.2. The van der Waals surface area contributed by atoms with Crippen LogP contribution in [0.25, 0.3) is 0 Å². The first-order valence-electron chi connectivity index (χ1n) is 8.02. The van der Waals surface area contributed by atoms with Crippen LogP contribution in [-0.4, -0.2) is 47.7 Å². The smallest absolute Gasteiger partial charge is 0.308 e. The molecule has 5 nitrogen and oxygen atoms in total. The van der Waals surface area contributed by atoms with Gasteiger partial charge in [-0.2, -0.15) is 0 Å². The molecule has 1 amide bonds. The standard InChI is InChI=1S/C17H29NO4/c1-13-11-17(3,21)9-5-7-14(2)16(20)22-10-6-8-15(19)18(4)12-13/h6,8,13-14,21H,5,7,9-12H2,1-4H3/b8-6+/t13-,14-,17+/m1/s1. The Bertz CT molecular complexity index is 417. The molecule has 0 spiro atoms. The van der Waals surface area contributed by atoms with Crippen LogP contribution in [-0.2, 0) is 14.3 Å². The van der Waals surface area contributed by atoms with Crippen molar-refractivity contribution < 1.29 is 19.4 Å². The summed E-state index contributed by atoms with van der Waals surface area (Å²) in [6, 6.07) is 0. The molecule has 0 aliphatic carbocycles. The third kappa shape index (κ3) is 6.60. The van der Waals surface area contributed by atoms with Crippen LogP contribution in [0.1, 0.15) is 46.5 Å². The van der Waals surface area contributed by atoms with E-state index >= 15 is 0 Å². The maximum atomic E-state index is 11.9. The van der Waals surface area contributed by atoms with Crippen molar-refractivity contribution in [3.8, 4) is 0 Å². The Balaban J connectivity index is 2.77. The van der Waals surface area contributed by atoms with Crippen molar-refractivity contribution in [2.75, 3.05) is 20.2 Å². The van der Waals surface area contributed by atoms with Gasteiger partial charge in [-0.1, -0.05) is 13.8 Å². The molecule has 0 bridgehead atoms. The van der Waals surface area contributed by atoms with Crippen molar-refractivity contribution in [2.24, 2.45) is 11.8 Å². The fraction of sp³-hybridized carbons (Fsp3) is 0.765. The van der Waals surface area contributed by atoms with Crippen molar-refractivity contribution >= 4 is 11.9 Å². The highest BCUT2D eigenvalue weighted by Crippen LogP contribution is 2.24. The molecule has 0 saturated carbocycles. The molecule has 0 unspecified atom stereocenters. The summed E-state index contributed by atoms with van der Waals surface area (Å²) in [5, 5.41) is 10.5. The van der Waals surface area contributed by atoms with Crippen LogP contribution in [0.3, 0.4) is 0 Å². The minimum Gasteiger partial charge on any atom is -0.461 e. The van der Waals surface area contributed by atoms with Crippen LogP contribution in [0.5, 0.6) is 0 Å². The lowest BCUT2D eigenvalue weighted by atomic mass is 9.87. The van der Waals surface area contributed by atoms with E-state index in [-0.39, 0.29) is 30.3 Å². The minimum absolute atomic E-state index is 0.120. The van der Waals surface area contributed by atoms with E-state index in [2.05, 4.69) is 0 Å². The number of carbonyl (C=O) groups is 2. The van der Waals surface area contributed by atoms with Crippen molar-refractivity contribution in [1.29, 1.82) is 0 Å². The van der Waals surface area contributed by atoms with Crippen LogP contribution >= 0.6 is 0 Å².